The van der Waals surface area contributed by atoms with Gasteiger partial charge < -0.3 is 30.0 Å². The van der Waals surface area contributed by atoms with Crippen LogP contribution in [0, 0.1) is 11.8 Å². The first kappa shape index (κ1) is 30.6. The van der Waals surface area contributed by atoms with E-state index in [4.69, 9.17) is 14.2 Å². The molecule has 0 bridgehead atoms. The van der Waals surface area contributed by atoms with Crippen molar-refractivity contribution in [1.29, 1.82) is 0 Å². The topological polar surface area (TPSA) is 157 Å². The highest BCUT2D eigenvalue weighted by Crippen LogP contribution is 2.28. The van der Waals surface area contributed by atoms with E-state index in [1.165, 1.54) is 25.1 Å². The molecular formula is C27H38N2O9. The summed E-state index contributed by atoms with van der Waals surface area (Å²) in [6, 6.07) is 2.72. The van der Waals surface area contributed by atoms with Gasteiger partial charge in [0, 0.05) is 6.42 Å². The van der Waals surface area contributed by atoms with Crippen LogP contribution in [0.15, 0.2) is 18.2 Å². The second-order valence-corrected chi connectivity index (χ2v) is 9.77. The monoisotopic (exact) mass is 534 g/mol. The maximum absolute atomic E-state index is 13.2. The largest absolute Gasteiger partial charge is 0.505 e. The van der Waals surface area contributed by atoms with Gasteiger partial charge in [0.05, 0.1) is 17.2 Å². The number of anilines is 1. The van der Waals surface area contributed by atoms with E-state index in [1.54, 1.807) is 0 Å². The number of para-hydroxylation sites is 1. The minimum Gasteiger partial charge on any atom is -0.505 e. The van der Waals surface area contributed by atoms with Crippen LogP contribution in [-0.2, 0) is 33.4 Å². The number of cyclic esters (lactones) is 2. The van der Waals surface area contributed by atoms with Crippen molar-refractivity contribution >= 4 is 35.9 Å². The number of hydrogen-bond donors (Lipinski definition) is 3. The molecule has 4 unspecified atom stereocenters. The van der Waals surface area contributed by atoms with Gasteiger partial charge in [-0.2, -0.15) is 0 Å². The number of phenols is 1. The van der Waals surface area contributed by atoms with Crippen molar-refractivity contribution in [3.05, 3.63) is 23.8 Å². The average Bonchev–Trinajstić information content (AvgIpc) is 2.88. The molecule has 0 saturated carbocycles. The van der Waals surface area contributed by atoms with E-state index in [-0.39, 0.29) is 30.2 Å². The lowest BCUT2D eigenvalue weighted by Crippen LogP contribution is -2.49. The molecule has 0 spiro atoms. The fourth-order valence-electron chi connectivity index (χ4n) is 4.12. The Labute approximate surface area is 222 Å². The van der Waals surface area contributed by atoms with Gasteiger partial charge >= 0.3 is 17.9 Å². The summed E-state index contributed by atoms with van der Waals surface area (Å²) in [5.74, 6) is -4.22. The summed E-state index contributed by atoms with van der Waals surface area (Å²) in [5, 5.41) is 15.1. The number of aromatic hydroxyl groups is 1. The van der Waals surface area contributed by atoms with Crippen molar-refractivity contribution in [2.75, 3.05) is 11.9 Å². The number of carbonyl (C=O) groups is 5. The van der Waals surface area contributed by atoms with Gasteiger partial charge in [0.15, 0.2) is 11.8 Å². The van der Waals surface area contributed by atoms with Crippen LogP contribution in [0.2, 0.25) is 0 Å². The molecule has 1 fully saturated rings. The van der Waals surface area contributed by atoms with Crippen LogP contribution in [-0.4, -0.2) is 60.2 Å². The Hall–Kier alpha value is -3.63. The Kier molecular flexibility index (Phi) is 12.0. The third kappa shape index (κ3) is 8.74. The Balaban J connectivity index is 2.26. The summed E-state index contributed by atoms with van der Waals surface area (Å²) in [6.07, 6.45) is 2.26. The Morgan fingerprint density at radius 1 is 1.18 bits per heavy atom. The summed E-state index contributed by atoms with van der Waals surface area (Å²) in [5.41, 5.74) is -0.210. The van der Waals surface area contributed by atoms with Gasteiger partial charge in [-0.25, -0.2) is 4.79 Å². The average molecular weight is 535 g/mol. The number of hydrogen-bond acceptors (Lipinski definition) is 9. The molecule has 2 rings (SSSR count). The van der Waals surface area contributed by atoms with E-state index in [0.29, 0.717) is 19.3 Å². The SMILES string of the molecule is CCCCCCC1C(=O)OC(C)C(NC(=O)c2cccc(NC=O)c2O)C(=O)OCC1OC(=O)CC(C)C. The van der Waals surface area contributed by atoms with Gasteiger partial charge in [-0.3, -0.25) is 19.2 Å². The van der Waals surface area contributed by atoms with Crippen LogP contribution in [0.5, 0.6) is 5.75 Å². The van der Waals surface area contributed by atoms with Gasteiger partial charge in [-0.1, -0.05) is 52.5 Å². The summed E-state index contributed by atoms with van der Waals surface area (Å²) in [4.78, 5) is 62.3. The molecule has 38 heavy (non-hydrogen) atoms. The first-order valence-corrected chi connectivity index (χ1v) is 13.0. The molecule has 3 N–H and O–H groups in total. The Morgan fingerprint density at radius 3 is 2.58 bits per heavy atom. The van der Waals surface area contributed by atoms with E-state index < -0.39 is 53.7 Å². The number of carbonyl (C=O) groups excluding carboxylic acids is 5. The molecule has 0 aromatic heterocycles. The highest BCUT2D eigenvalue weighted by Gasteiger charge is 2.40. The zero-order chi connectivity index (χ0) is 28.2. The summed E-state index contributed by atoms with van der Waals surface area (Å²) >= 11 is 0. The van der Waals surface area contributed by atoms with Crippen molar-refractivity contribution in [1.82, 2.24) is 5.32 Å². The molecule has 210 valence electrons. The number of nitrogens with one attached hydrogen (secondary N) is 2. The van der Waals surface area contributed by atoms with E-state index in [0.717, 1.165) is 19.3 Å². The quantitative estimate of drug-likeness (QED) is 0.120. The first-order chi connectivity index (χ1) is 18.1. The van der Waals surface area contributed by atoms with Gasteiger partial charge in [-0.15, -0.1) is 0 Å². The van der Waals surface area contributed by atoms with E-state index in [1.807, 2.05) is 13.8 Å². The van der Waals surface area contributed by atoms with Crippen LogP contribution in [0.25, 0.3) is 0 Å². The van der Waals surface area contributed by atoms with Crippen LogP contribution in [0.1, 0.15) is 76.6 Å². The molecule has 1 aromatic rings. The standard InChI is InChI=1S/C27H38N2O9/c1-5-6-7-8-10-18-21(38-22(31)13-16(2)3)14-36-27(35)23(17(4)37-26(18)34)29-25(33)19-11-9-12-20(24(19)32)28-15-30/h9,11-12,15-18,21,23,32H,5-8,10,13-14H2,1-4H3,(H,28,30)(H,29,33). The predicted molar refractivity (Wildman–Crippen MR) is 137 cm³/mol. The van der Waals surface area contributed by atoms with Crippen LogP contribution < -0.4 is 10.6 Å². The normalized spacial score (nSPS) is 21.8. The molecule has 1 saturated heterocycles. The van der Waals surface area contributed by atoms with E-state index >= 15 is 0 Å². The lowest BCUT2D eigenvalue weighted by atomic mass is 9.95. The maximum Gasteiger partial charge on any atom is 0.332 e. The van der Waals surface area contributed by atoms with Crippen molar-refractivity contribution < 1.29 is 43.3 Å². The minimum absolute atomic E-state index is 0.00105. The maximum atomic E-state index is 13.2. The van der Waals surface area contributed by atoms with Crippen molar-refractivity contribution in [2.24, 2.45) is 11.8 Å². The fraction of sp³-hybridized carbons (Fsp3) is 0.593. The first-order valence-electron chi connectivity index (χ1n) is 13.0. The Morgan fingerprint density at radius 2 is 1.92 bits per heavy atom. The smallest absolute Gasteiger partial charge is 0.332 e. The minimum atomic E-state index is -1.40. The second kappa shape index (κ2) is 14.9. The molecule has 4 atom stereocenters. The summed E-state index contributed by atoms with van der Waals surface area (Å²) < 4.78 is 16.6. The molecule has 11 heteroatoms. The van der Waals surface area contributed by atoms with Crippen molar-refractivity contribution in [3.63, 3.8) is 0 Å². The van der Waals surface area contributed by atoms with Gasteiger partial charge in [0.2, 0.25) is 6.41 Å². The third-order valence-electron chi connectivity index (χ3n) is 6.17. The summed E-state index contributed by atoms with van der Waals surface area (Å²) in [7, 11) is 0. The molecule has 1 aromatic carbocycles. The lowest BCUT2D eigenvalue weighted by Gasteiger charge is -2.25. The highest BCUT2D eigenvalue weighted by atomic mass is 16.6. The van der Waals surface area contributed by atoms with Crippen molar-refractivity contribution in [3.8, 4) is 5.75 Å². The number of benzene rings is 1. The molecule has 0 aliphatic carbocycles. The second-order valence-electron chi connectivity index (χ2n) is 9.77. The molecule has 1 aliphatic heterocycles. The van der Waals surface area contributed by atoms with E-state index in [9.17, 15) is 29.1 Å². The lowest BCUT2D eigenvalue weighted by molar-refractivity contribution is -0.168. The zero-order valence-corrected chi connectivity index (χ0v) is 22.4. The third-order valence-corrected chi connectivity index (χ3v) is 6.17. The number of ether oxygens (including phenoxy) is 3. The fourth-order valence-corrected chi connectivity index (χ4v) is 4.12. The molecule has 2 amide bonds. The van der Waals surface area contributed by atoms with Crippen LogP contribution in [0.3, 0.4) is 0 Å². The number of esters is 3. The van der Waals surface area contributed by atoms with Gasteiger partial charge in [0.25, 0.3) is 5.91 Å². The zero-order valence-electron chi connectivity index (χ0n) is 22.4. The molecule has 1 aliphatic rings. The highest BCUT2D eigenvalue weighted by molar-refractivity contribution is 6.01. The van der Waals surface area contributed by atoms with Crippen LogP contribution >= 0.6 is 0 Å². The molecule has 11 nitrogen and oxygen atoms in total. The number of unbranched alkanes of at least 4 members (excludes halogenated alkanes) is 3. The number of amides is 2. The number of rotatable bonds is 12. The Bertz CT molecular complexity index is 995. The summed E-state index contributed by atoms with van der Waals surface area (Å²) in [6.45, 7) is 6.85. The molecule has 1 heterocycles. The van der Waals surface area contributed by atoms with Gasteiger partial charge in [-0.05, 0) is 31.4 Å². The predicted octanol–water partition coefficient (Wildman–Crippen LogP) is 3.09. The molecular weight excluding hydrogens is 496 g/mol. The van der Waals surface area contributed by atoms with Gasteiger partial charge in [0.1, 0.15) is 18.8 Å². The van der Waals surface area contributed by atoms with Crippen LogP contribution in [0.4, 0.5) is 5.69 Å². The van der Waals surface area contributed by atoms with Crippen molar-refractivity contribution in [2.45, 2.75) is 84.5 Å². The number of phenolic OH excluding ortho intramolecular Hbond substituents is 1. The van der Waals surface area contributed by atoms with E-state index in [2.05, 4.69) is 17.6 Å². The molecule has 0 radical (unpaired) electrons.